The van der Waals surface area contributed by atoms with Gasteiger partial charge < -0.3 is 9.84 Å². The minimum absolute atomic E-state index is 0.281. The number of hydrogen-bond donors (Lipinski definition) is 2. The first kappa shape index (κ1) is 14.3. The monoisotopic (exact) mass is 251 g/mol. The lowest BCUT2D eigenvalue weighted by Gasteiger charge is -2.18. The number of ether oxygens (including phenoxy) is 1. The molecule has 18 heavy (non-hydrogen) atoms. The Morgan fingerprint density at radius 2 is 1.94 bits per heavy atom. The summed E-state index contributed by atoms with van der Waals surface area (Å²) in [6, 6.07) is 8.33. The lowest BCUT2D eigenvalue weighted by atomic mass is 9.91. The van der Waals surface area contributed by atoms with Crippen molar-refractivity contribution < 1.29 is 19.4 Å². The van der Waals surface area contributed by atoms with E-state index in [-0.39, 0.29) is 13.2 Å². The van der Waals surface area contributed by atoms with Crippen molar-refractivity contribution in [2.75, 3.05) is 6.73 Å². The zero-order valence-corrected chi connectivity index (χ0v) is 10.2. The third kappa shape index (κ3) is 3.38. The van der Waals surface area contributed by atoms with E-state index in [0.29, 0.717) is 5.56 Å². The summed E-state index contributed by atoms with van der Waals surface area (Å²) in [6.07, 6.45) is -0.792. The van der Waals surface area contributed by atoms with Gasteiger partial charge in [0.2, 0.25) is 0 Å². The molecule has 0 saturated carbocycles. The second-order valence-corrected chi connectivity index (χ2v) is 3.81. The molecule has 5 nitrogen and oxygen atoms in total. The van der Waals surface area contributed by atoms with Crippen molar-refractivity contribution in [3.05, 3.63) is 35.9 Å². The Balaban J connectivity index is 2.96. The topological polar surface area (TPSA) is 89.6 Å². The predicted octanol–water partition coefficient (Wildman–Crippen LogP) is 0.716. The van der Waals surface area contributed by atoms with E-state index in [1.54, 1.807) is 37.3 Å². The van der Waals surface area contributed by atoms with E-state index < -0.39 is 23.8 Å². The predicted molar refractivity (Wildman–Crippen MR) is 65.7 cm³/mol. The average molecular weight is 251 g/mol. The Hall–Kier alpha value is -1.72. The van der Waals surface area contributed by atoms with Crippen LogP contribution in [0.4, 0.5) is 0 Å². The second kappa shape index (κ2) is 6.88. The van der Waals surface area contributed by atoms with Crippen molar-refractivity contribution in [2.45, 2.75) is 19.4 Å². The normalized spacial score (nSPS) is 13.7. The van der Waals surface area contributed by atoms with Crippen LogP contribution in [-0.4, -0.2) is 29.7 Å². The third-order valence-corrected chi connectivity index (χ3v) is 2.62. The fourth-order valence-electron chi connectivity index (χ4n) is 1.63. The zero-order valence-electron chi connectivity index (χ0n) is 10.2. The van der Waals surface area contributed by atoms with Gasteiger partial charge >= 0.3 is 5.97 Å². The maximum absolute atomic E-state index is 12.2. The van der Waals surface area contributed by atoms with Crippen LogP contribution in [0.2, 0.25) is 0 Å². The molecule has 0 aliphatic carbocycles. The van der Waals surface area contributed by atoms with Crippen molar-refractivity contribution in [1.29, 1.82) is 0 Å². The van der Waals surface area contributed by atoms with Crippen molar-refractivity contribution >= 4 is 11.8 Å². The molecule has 0 radical (unpaired) electrons. The molecule has 3 N–H and O–H groups in total. The molecule has 0 aliphatic heterocycles. The SMILES string of the molecule is CCC(O)C(C(=O)OCN)C(=O)c1ccccc1. The molecule has 0 fully saturated rings. The van der Waals surface area contributed by atoms with Gasteiger partial charge in [-0.15, -0.1) is 0 Å². The minimum atomic E-state index is -1.22. The quantitative estimate of drug-likeness (QED) is 0.336. The number of aliphatic hydroxyl groups excluding tert-OH is 1. The van der Waals surface area contributed by atoms with Crippen LogP contribution < -0.4 is 5.73 Å². The number of nitrogens with two attached hydrogens (primary N) is 1. The standard InChI is InChI=1S/C13H17NO4/c1-2-10(15)11(13(17)18-8-14)12(16)9-6-4-3-5-7-9/h3-7,10-11,15H,2,8,14H2,1H3. The summed E-state index contributed by atoms with van der Waals surface area (Å²) >= 11 is 0. The van der Waals surface area contributed by atoms with E-state index >= 15 is 0 Å². The number of ketones is 1. The number of Topliss-reactive ketones (excluding diaryl/α,β-unsaturated/α-hetero) is 1. The van der Waals surface area contributed by atoms with Crippen LogP contribution >= 0.6 is 0 Å². The lowest BCUT2D eigenvalue weighted by molar-refractivity contribution is -0.149. The van der Waals surface area contributed by atoms with Gasteiger partial charge in [-0.1, -0.05) is 37.3 Å². The molecule has 0 heterocycles. The van der Waals surface area contributed by atoms with Gasteiger partial charge in [0.15, 0.2) is 5.78 Å². The Morgan fingerprint density at radius 3 is 2.44 bits per heavy atom. The summed E-state index contributed by atoms with van der Waals surface area (Å²) in [4.78, 5) is 23.8. The highest BCUT2D eigenvalue weighted by molar-refractivity contribution is 6.09. The smallest absolute Gasteiger partial charge is 0.320 e. The van der Waals surface area contributed by atoms with Crippen LogP contribution in [-0.2, 0) is 9.53 Å². The fourth-order valence-corrected chi connectivity index (χ4v) is 1.63. The Labute approximate surface area is 106 Å². The van der Waals surface area contributed by atoms with Gasteiger partial charge in [-0.3, -0.25) is 15.3 Å². The summed E-state index contributed by atoms with van der Waals surface area (Å²) in [5, 5.41) is 9.78. The first-order chi connectivity index (χ1) is 8.61. The molecule has 5 heteroatoms. The third-order valence-electron chi connectivity index (χ3n) is 2.62. The van der Waals surface area contributed by atoms with Gasteiger partial charge in [0.05, 0.1) is 6.10 Å². The Kier molecular flexibility index (Phi) is 5.48. The van der Waals surface area contributed by atoms with Crippen LogP contribution in [0.3, 0.4) is 0 Å². The van der Waals surface area contributed by atoms with Crippen molar-refractivity contribution in [1.82, 2.24) is 0 Å². The van der Waals surface area contributed by atoms with Gasteiger partial charge in [-0.2, -0.15) is 0 Å². The van der Waals surface area contributed by atoms with E-state index in [9.17, 15) is 14.7 Å². The van der Waals surface area contributed by atoms with Crippen LogP contribution in [0, 0.1) is 5.92 Å². The highest BCUT2D eigenvalue weighted by Gasteiger charge is 2.34. The van der Waals surface area contributed by atoms with Gasteiger partial charge in [-0.05, 0) is 6.42 Å². The maximum atomic E-state index is 12.2. The Morgan fingerprint density at radius 1 is 1.33 bits per heavy atom. The molecule has 2 unspecified atom stereocenters. The van der Waals surface area contributed by atoms with E-state index in [1.807, 2.05) is 0 Å². The van der Waals surface area contributed by atoms with Gasteiger partial charge in [-0.25, -0.2) is 0 Å². The molecule has 1 aromatic carbocycles. The summed E-state index contributed by atoms with van der Waals surface area (Å²) in [6.45, 7) is 1.37. The second-order valence-electron chi connectivity index (χ2n) is 3.81. The minimum Gasteiger partial charge on any atom is -0.449 e. The largest absolute Gasteiger partial charge is 0.449 e. The fraction of sp³-hybridized carbons (Fsp3) is 0.385. The van der Waals surface area contributed by atoms with Crippen LogP contribution in [0.5, 0.6) is 0 Å². The first-order valence-corrected chi connectivity index (χ1v) is 5.75. The molecular weight excluding hydrogens is 234 g/mol. The molecule has 0 saturated heterocycles. The van der Waals surface area contributed by atoms with E-state index in [0.717, 1.165) is 0 Å². The van der Waals surface area contributed by atoms with Crippen LogP contribution in [0.25, 0.3) is 0 Å². The molecule has 0 spiro atoms. The summed E-state index contributed by atoms with van der Waals surface area (Å²) in [5.41, 5.74) is 5.48. The number of rotatable bonds is 6. The molecule has 1 rings (SSSR count). The zero-order chi connectivity index (χ0) is 13.5. The maximum Gasteiger partial charge on any atom is 0.320 e. The van der Waals surface area contributed by atoms with Crippen molar-refractivity contribution in [3.8, 4) is 0 Å². The molecule has 1 aromatic rings. The molecule has 2 atom stereocenters. The van der Waals surface area contributed by atoms with Crippen molar-refractivity contribution in [3.63, 3.8) is 0 Å². The van der Waals surface area contributed by atoms with E-state index in [4.69, 9.17) is 5.73 Å². The summed E-state index contributed by atoms with van der Waals surface area (Å²) < 4.78 is 4.63. The number of carbonyl (C=O) groups excluding carboxylic acids is 2. The molecule has 0 aliphatic rings. The number of aliphatic hydroxyl groups is 1. The lowest BCUT2D eigenvalue weighted by Crippen LogP contribution is -2.37. The average Bonchev–Trinajstić information content (AvgIpc) is 2.40. The van der Waals surface area contributed by atoms with Gasteiger partial charge in [0.1, 0.15) is 12.6 Å². The van der Waals surface area contributed by atoms with E-state index in [1.165, 1.54) is 0 Å². The van der Waals surface area contributed by atoms with Crippen LogP contribution in [0.15, 0.2) is 30.3 Å². The number of carbonyl (C=O) groups is 2. The molecular formula is C13H17NO4. The van der Waals surface area contributed by atoms with Crippen molar-refractivity contribution in [2.24, 2.45) is 11.7 Å². The van der Waals surface area contributed by atoms with Gasteiger partial charge in [0, 0.05) is 5.56 Å². The molecule has 0 amide bonds. The first-order valence-electron chi connectivity index (χ1n) is 5.75. The van der Waals surface area contributed by atoms with Gasteiger partial charge in [0.25, 0.3) is 0 Å². The number of hydrogen-bond acceptors (Lipinski definition) is 5. The highest BCUT2D eigenvalue weighted by Crippen LogP contribution is 2.16. The summed E-state index contributed by atoms with van der Waals surface area (Å²) in [7, 11) is 0. The highest BCUT2D eigenvalue weighted by atomic mass is 16.5. The molecule has 98 valence electrons. The molecule has 0 bridgehead atoms. The van der Waals surface area contributed by atoms with Crippen LogP contribution in [0.1, 0.15) is 23.7 Å². The van der Waals surface area contributed by atoms with E-state index in [2.05, 4.69) is 4.74 Å². The summed E-state index contributed by atoms with van der Waals surface area (Å²) in [5.74, 6) is -2.47. The molecule has 0 aromatic heterocycles. The number of benzene rings is 1. The Bertz CT molecular complexity index is 405. The number of esters is 1.